The van der Waals surface area contributed by atoms with E-state index < -0.39 is 18.1 Å². The number of carbonyl (C=O) groups is 3. The van der Waals surface area contributed by atoms with E-state index in [4.69, 9.17) is 14.2 Å². The Morgan fingerprint density at radius 2 is 0.934 bits per heavy atom. The Hall–Kier alpha value is -2.97. The first-order valence-corrected chi connectivity index (χ1v) is 24.8. The molecule has 0 aliphatic heterocycles. The minimum Gasteiger partial charge on any atom is -0.477 e. The number of carboxylic acid groups (broad SMARTS) is 1. The van der Waals surface area contributed by atoms with Gasteiger partial charge in [0, 0.05) is 19.3 Å². The molecular weight excluding hydrogens is 763 g/mol. The van der Waals surface area contributed by atoms with Crippen molar-refractivity contribution in [1.82, 2.24) is 0 Å². The first-order valence-electron chi connectivity index (χ1n) is 24.8. The third-order valence-corrected chi connectivity index (χ3v) is 10.9. The highest BCUT2D eigenvalue weighted by Crippen LogP contribution is 2.14. The fourth-order valence-corrected chi connectivity index (χ4v) is 7.04. The molecule has 0 aromatic rings. The maximum Gasteiger partial charge on any atom is 0.362 e. The highest BCUT2D eigenvalue weighted by molar-refractivity contribution is 5.72. The van der Waals surface area contributed by atoms with Gasteiger partial charge in [-0.3, -0.25) is 9.59 Å². The van der Waals surface area contributed by atoms with Crippen LogP contribution >= 0.6 is 0 Å². The Morgan fingerprint density at radius 3 is 1.44 bits per heavy atom. The number of aliphatic carboxylic acids is 1. The topological polar surface area (TPSA) is 99.1 Å². The van der Waals surface area contributed by atoms with Crippen molar-refractivity contribution in [3.63, 3.8) is 0 Å². The molecular formula is C53H94NO7+. The van der Waals surface area contributed by atoms with Gasteiger partial charge >= 0.3 is 17.9 Å². The number of hydrogen-bond acceptors (Lipinski definition) is 6. The van der Waals surface area contributed by atoms with Crippen molar-refractivity contribution in [3.05, 3.63) is 60.8 Å². The molecule has 0 aromatic heterocycles. The number of ether oxygens (including phenoxy) is 3. The van der Waals surface area contributed by atoms with Crippen LogP contribution in [0, 0.1) is 0 Å². The highest BCUT2D eigenvalue weighted by Gasteiger charge is 2.31. The van der Waals surface area contributed by atoms with Crippen LogP contribution in [0.4, 0.5) is 0 Å². The lowest BCUT2D eigenvalue weighted by atomic mass is 10.1. The Balaban J connectivity index is 4.34. The minimum atomic E-state index is -0.884. The molecule has 0 saturated heterocycles. The van der Waals surface area contributed by atoms with Gasteiger partial charge in [0.1, 0.15) is 6.61 Å². The molecule has 1 N–H and O–H groups in total. The van der Waals surface area contributed by atoms with Crippen molar-refractivity contribution in [2.45, 2.75) is 219 Å². The van der Waals surface area contributed by atoms with Crippen molar-refractivity contribution >= 4 is 17.9 Å². The van der Waals surface area contributed by atoms with Crippen LogP contribution in [0.1, 0.15) is 206 Å². The largest absolute Gasteiger partial charge is 0.477 e. The minimum absolute atomic E-state index is 0.0386. The second-order valence-corrected chi connectivity index (χ2v) is 17.7. The van der Waals surface area contributed by atoms with Crippen molar-refractivity contribution in [2.24, 2.45) is 0 Å². The van der Waals surface area contributed by atoms with Crippen LogP contribution in [0.2, 0.25) is 0 Å². The summed E-state index contributed by atoms with van der Waals surface area (Å²) < 4.78 is 17.3. The molecule has 0 heterocycles. The fourth-order valence-electron chi connectivity index (χ4n) is 7.04. The van der Waals surface area contributed by atoms with Gasteiger partial charge in [-0.1, -0.05) is 177 Å². The van der Waals surface area contributed by atoms with Gasteiger partial charge in [-0.15, -0.1) is 0 Å². The molecule has 61 heavy (non-hydrogen) atoms. The number of rotatable bonds is 44. The second kappa shape index (κ2) is 43.7. The van der Waals surface area contributed by atoms with Gasteiger partial charge in [0.15, 0.2) is 12.1 Å². The average Bonchev–Trinajstić information content (AvgIpc) is 3.22. The van der Waals surface area contributed by atoms with Crippen LogP contribution in [0.15, 0.2) is 60.8 Å². The molecule has 8 nitrogen and oxygen atoms in total. The van der Waals surface area contributed by atoms with Crippen molar-refractivity contribution in [3.8, 4) is 0 Å². The molecule has 0 radical (unpaired) electrons. The number of likely N-dealkylation sites (N-methyl/N-ethyl adjacent to an activating group) is 1. The van der Waals surface area contributed by atoms with Crippen molar-refractivity contribution in [2.75, 3.05) is 41.0 Å². The molecule has 0 aromatic carbocycles. The predicted molar refractivity (Wildman–Crippen MR) is 257 cm³/mol. The lowest BCUT2D eigenvalue weighted by Gasteiger charge is -2.31. The standard InChI is InChI=1S/C53H93NO7/c1-6-8-10-12-14-16-18-20-22-24-25-26-28-29-31-33-35-37-39-41-43-51(55)60-48-49(47-59-46-45-50(53(57)58)54(3,4)5)61-52(56)44-42-40-38-36-34-32-30-27-23-21-19-17-15-13-11-9-7-2/h16,18,20-23,30,32,36,38,49-50H,6-15,17,19,24-29,31,33-35,37,39-48H2,1-5H3/p+1/b18-16+,22-20+,23-21+,32-30+,38-36+. The molecule has 8 heteroatoms. The smallest absolute Gasteiger partial charge is 0.362 e. The molecule has 2 unspecified atom stereocenters. The molecule has 0 saturated carbocycles. The van der Waals surface area contributed by atoms with Gasteiger partial charge in [0.2, 0.25) is 0 Å². The number of nitrogens with zero attached hydrogens (tertiary/aromatic N) is 1. The van der Waals surface area contributed by atoms with Gasteiger partial charge in [-0.25, -0.2) is 4.79 Å². The third kappa shape index (κ3) is 42.1. The predicted octanol–water partition coefficient (Wildman–Crippen LogP) is 14.1. The van der Waals surface area contributed by atoms with Gasteiger partial charge < -0.3 is 23.8 Å². The third-order valence-electron chi connectivity index (χ3n) is 10.9. The molecule has 0 aliphatic carbocycles. The molecule has 0 aliphatic rings. The van der Waals surface area contributed by atoms with E-state index in [2.05, 4.69) is 74.6 Å². The lowest BCUT2D eigenvalue weighted by Crippen LogP contribution is -2.50. The van der Waals surface area contributed by atoms with E-state index >= 15 is 0 Å². The summed E-state index contributed by atoms with van der Waals surface area (Å²) in [6.07, 6.45) is 54.2. The maximum atomic E-state index is 12.7. The van der Waals surface area contributed by atoms with Crippen LogP contribution < -0.4 is 0 Å². The second-order valence-electron chi connectivity index (χ2n) is 17.7. The van der Waals surface area contributed by atoms with Crippen molar-refractivity contribution < 1.29 is 38.2 Å². The Labute approximate surface area is 375 Å². The number of hydrogen-bond donors (Lipinski definition) is 1. The van der Waals surface area contributed by atoms with E-state index in [-0.39, 0.29) is 42.7 Å². The normalized spacial score (nSPS) is 13.4. The lowest BCUT2D eigenvalue weighted by molar-refractivity contribution is -0.887. The summed E-state index contributed by atoms with van der Waals surface area (Å²) in [6.45, 7) is 4.66. The summed E-state index contributed by atoms with van der Waals surface area (Å²) >= 11 is 0. The van der Waals surface area contributed by atoms with E-state index in [1.165, 1.54) is 128 Å². The SMILES string of the molecule is CCCCCC/C=C/C=C/CCCCCCCCCCCCC(=O)OCC(COCCC(C(=O)O)[N+](C)(C)C)OC(=O)CCC/C=C/C/C=C/C/C=C/CCCCCCCC. The van der Waals surface area contributed by atoms with Gasteiger partial charge in [0.05, 0.1) is 34.4 Å². The zero-order valence-electron chi connectivity index (χ0n) is 40.1. The molecule has 352 valence electrons. The fraction of sp³-hybridized carbons (Fsp3) is 0.755. The molecule has 0 fully saturated rings. The van der Waals surface area contributed by atoms with Gasteiger partial charge in [-0.2, -0.15) is 0 Å². The van der Waals surface area contributed by atoms with Gasteiger partial charge in [0.25, 0.3) is 0 Å². The summed E-state index contributed by atoms with van der Waals surface area (Å²) in [6, 6.07) is -0.626. The summed E-state index contributed by atoms with van der Waals surface area (Å²) in [7, 11) is 5.51. The highest BCUT2D eigenvalue weighted by atomic mass is 16.6. The number of carboxylic acids is 1. The Bertz CT molecular complexity index is 1180. The van der Waals surface area contributed by atoms with E-state index in [1.54, 1.807) is 0 Å². The maximum absolute atomic E-state index is 12.7. The van der Waals surface area contributed by atoms with Crippen LogP contribution in [-0.2, 0) is 28.6 Å². The monoisotopic (exact) mass is 857 g/mol. The quantitative estimate of drug-likeness (QED) is 0.0214. The van der Waals surface area contributed by atoms with Crippen molar-refractivity contribution in [1.29, 1.82) is 0 Å². The number of quaternary nitrogens is 1. The zero-order chi connectivity index (χ0) is 44.9. The first kappa shape index (κ1) is 58.0. The van der Waals surface area contributed by atoms with Gasteiger partial charge in [-0.05, 0) is 70.6 Å². The van der Waals surface area contributed by atoms with E-state index in [0.29, 0.717) is 19.3 Å². The number of allylic oxidation sites excluding steroid dienone is 10. The molecule has 0 spiro atoms. The van der Waals surface area contributed by atoms with E-state index in [0.717, 1.165) is 38.5 Å². The first-order chi connectivity index (χ1) is 29.6. The molecule has 0 rings (SSSR count). The molecule has 0 bridgehead atoms. The average molecular weight is 857 g/mol. The van der Waals surface area contributed by atoms with Crippen LogP contribution in [0.25, 0.3) is 0 Å². The number of carbonyl (C=O) groups excluding carboxylic acids is 2. The Kier molecular flexibility index (Phi) is 41.5. The number of esters is 2. The summed E-state index contributed by atoms with van der Waals surface area (Å²) in [5, 5.41) is 9.64. The summed E-state index contributed by atoms with van der Waals surface area (Å²) in [4.78, 5) is 37.1. The zero-order valence-corrected chi connectivity index (χ0v) is 40.1. The summed E-state index contributed by atoms with van der Waals surface area (Å²) in [5.74, 6) is -1.54. The Morgan fingerprint density at radius 1 is 0.508 bits per heavy atom. The van der Waals surface area contributed by atoms with E-state index in [9.17, 15) is 19.5 Å². The summed E-state index contributed by atoms with van der Waals surface area (Å²) in [5.41, 5.74) is 0. The number of unbranched alkanes of at least 4 members (excludes halogenated alkanes) is 21. The molecule has 0 amide bonds. The van der Waals surface area contributed by atoms with Crippen LogP contribution in [0.3, 0.4) is 0 Å². The van der Waals surface area contributed by atoms with Crippen LogP contribution in [0.5, 0.6) is 0 Å². The van der Waals surface area contributed by atoms with Crippen LogP contribution in [-0.4, -0.2) is 80.6 Å². The van der Waals surface area contributed by atoms with E-state index in [1.807, 2.05) is 21.1 Å². The molecule has 2 atom stereocenters.